The molecule has 2 heteroatoms. The Kier molecular flexibility index (Phi) is 6.53. The van der Waals surface area contributed by atoms with Crippen LogP contribution in [0, 0.1) is 0 Å². The highest BCUT2D eigenvalue weighted by atomic mass is 16.3. The Bertz CT molecular complexity index is 2870. The van der Waals surface area contributed by atoms with E-state index in [4.69, 9.17) is 4.42 Å². The minimum atomic E-state index is 0.873. The number of benzene rings is 9. The van der Waals surface area contributed by atoms with Gasteiger partial charge >= 0.3 is 0 Å². The normalized spacial score (nSPS) is 11.6. The fourth-order valence-electron chi connectivity index (χ4n) is 7.69. The lowest BCUT2D eigenvalue weighted by molar-refractivity contribution is 0.672. The number of furan rings is 1. The highest BCUT2D eigenvalue weighted by Gasteiger charge is 2.21. The molecule has 0 aliphatic heterocycles. The fraction of sp³-hybridized carbons (Fsp3) is 0. The molecule has 10 rings (SSSR count). The van der Waals surface area contributed by atoms with E-state index in [-0.39, 0.29) is 0 Å². The SMILES string of the molecule is c1ccc(-c2cccc(N(c3ccc(-c4cc5ccccc5c5ccccc45)cc3)c3cccc4oc5c6ccccc6ccc5c34)c2)cc1. The molecule has 9 aromatic carbocycles. The van der Waals surface area contributed by atoms with Crippen molar-refractivity contribution in [3.63, 3.8) is 0 Å². The summed E-state index contributed by atoms with van der Waals surface area (Å²) in [7, 11) is 0. The van der Waals surface area contributed by atoms with E-state index < -0.39 is 0 Å². The average molecular weight is 638 g/mol. The second kappa shape index (κ2) is 11.5. The first-order valence-electron chi connectivity index (χ1n) is 17.1. The number of rotatable bonds is 5. The highest BCUT2D eigenvalue weighted by Crippen LogP contribution is 2.45. The largest absolute Gasteiger partial charge is 0.455 e. The third-order valence-electron chi connectivity index (χ3n) is 10.0. The molecule has 0 amide bonds. The zero-order valence-electron chi connectivity index (χ0n) is 27.3. The molecule has 0 spiro atoms. The lowest BCUT2D eigenvalue weighted by Crippen LogP contribution is -2.10. The first-order valence-corrected chi connectivity index (χ1v) is 17.1. The first kappa shape index (κ1) is 28.4. The number of fused-ring (bicyclic) bond motifs is 8. The fourth-order valence-corrected chi connectivity index (χ4v) is 7.69. The zero-order chi connectivity index (χ0) is 33.0. The van der Waals surface area contributed by atoms with Crippen molar-refractivity contribution in [1.29, 1.82) is 0 Å². The van der Waals surface area contributed by atoms with Gasteiger partial charge in [-0.25, -0.2) is 0 Å². The lowest BCUT2D eigenvalue weighted by atomic mass is 9.93. The molecule has 0 radical (unpaired) electrons. The minimum absolute atomic E-state index is 0.873. The number of hydrogen-bond donors (Lipinski definition) is 0. The summed E-state index contributed by atoms with van der Waals surface area (Å²) in [5.74, 6) is 0. The molecule has 0 aliphatic rings. The van der Waals surface area contributed by atoms with Crippen LogP contribution in [-0.2, 0) is 0 Å². The Morgan fingerprint density at radius 1 is 0.360 bits per heavy atom. The second-order valence-corrected chi connectivity index (χ2v) is 12.9. The van der Waals surface area contributed by atoms with Crippen LogP contribution in [0.25, 0.3) is 76.5 Å². The molecule has 0 bridgehead atoms. The van der Waals surface area contributed by atoms with Gasteiger partial charge in [-0.2, -0.15) is 0 Å². The molecule has 0 aliphatic carbocycles. The van der Waals surface area contributed by atoms with E-state index in [1.807, 2.05) is 0 Å². The average Bonchev–Trinajstić information content (AvgIpc) is 3.59. The predicted molar refractivity (Wildman–Crippen MR) is 212 cm³/mol. The molecule has 0 unspecified atom stereocenters. The van der Waals surface area contributed by atoms with Gasteiger partial charge < -0.3 is 9.32 Å². The van der Waals surface area contributed by atoms with E-state index in [0.717, 1.165) is 44.4 Å². The smallest absolute Gasteiger partial charge is 0.143 e. The third-order valence-corrected chi connectivity index (χ3v) is 10.0. The highest BCUT2D eigenvalue weighted by molar-refractivity contribution is 6.20. The number of nitrogens with zero attached hydrogens (tertiary/aromatic N) is 1. The molecule has 50 heavy (non-hydrogen) atoms. The van der Waals surface area contributed by atoms with Crippen molar-refractivity contribution in [2.75, 3.05) is 4.90 Å². The van der Waals surface area contributed by atoms with Crippen LogP contribution in [0.4, 0.5) is 17.1 Å². The van der Waals surface area contributed by atoms with E-state index in [1.165, 1.54) is 49.2 Å². The quantitative estimate of drug-likeness (QED) is 0.175. The molecule has 1 heterocycles. The lowest BCUT2D eigenvalue weighted by Gasteiger charge is -2.27. The Balaban J connectivity index is 1.19. The summed E-state index contributed by atoms with van der Waals surface area (Å²) in [5, 5.41) is 9.56. The molecule has 0 N–H and O–H groups in total. The van der Waals surface area contributed by atoms with Gasteiger partial charge in [0.2, 0.25) is 0 Å². The summed E-state index contributed by atoms with van der Waals surface area (Å²) in [5.41, 5.74) is 9.80. The van der Waals surface area contributed by atoms with E-state index >= 15 is 0 Å². The molecular formula is C48H31NO. The van der Waals surface area contributed by atoms with Crippen molar-refractivity contribution in [2.24, 2.45) is 0 Å². The summed E-state index contributed by atoms with van der Waals surface area (Å²) < 4.78 is 6.65. The van der Waals surface area contributed by atoms with Gasteiger partial charge in [0.1, 0.15) is 11.2 Å². The van der Waals surface area contributed by atoms with Gasteiger partial charge in [-0.15, -0.1) is 0 Å². The van der Waals surface area contributed by atoms with Crippen molar-refractivity contribution >= 4 is 71.3 Å². The van der Waals surface area contributed by atoms with Gasteiger partial charge in [0.05, 0.1) is 11.1 Å². The van der Waals surface area contributed by atoms with Crippen molar-refractivity contribution < 1.29 is 4.42 Å². The summed E-state index contributed by atoms with van der Waals surface area (Å²) in [6.45, 7) is 0. The monoisotopic (exact) mass is 637 g/mol. The maximum absolute atomic E-state index is 6.65. The van der Waals surface area contributed by atoms with Crippen molar-refractivity contribution in [2.45, 2.75) is 0 Å². The standard InChI is InChI=1S/C48H31NO/c1-2-12-32(13-3-1)35-16-10-17-38(30-35)49(45-22-11-23-46-47(45)43-29-26-33-14-4-7-19-40(33)48(43)50-46)37-27-24-34(25-28-37)44-31-36-15-5-6-18-39(36)41-20-8-9-21-42(41)44/h1-31H. The Morgan fingerprint density at radius 3 is 1.88 bits per heavy atom. The molecule has 1 aromatic heterocycles. The van der Waals surface area contributed by atoms with Crippen LogP contribution in [0.5, 0.6) is 0 Å². The molecule has 2 nitrogen and oxygen atoms in total. The maximum atomic E-state index is 6.65. The van der Waals surface area contributed by atoms with Crippen LogP contribution in [0.2, 0.25) is 0 Å². The maximum Gasteiger partial charge on any atom is 0.143 e. The third kappa shape index (κ3) is 4.57. The summed E-state index contributed by atoms with van der Waals surface area (Å²) >= 11 is 0. The van der Waals surface area contributed by atoms with E-state index in [0.29, 0.717) is 0 Å². The van der Waals surface area contributed by atoms with Gasteiger partial charge in [0, 0.05) is 22.1 Å². The number of anilines is 3. The topological polar surface area (TPSA) is 16.4 Å². The minimum Gasteiger partial charge on any atom is -0.455 e. The Labute approximate surface area is 290 Å². The Hall–Kier alpha value is -6.64. The Morgan fingerprint density at radius 2 is 1.04 bits per heavy atom. The molecule has 0 saturated heterocycles. The molecular weight excluding hydrogens is 607 g/mol. The van der Waals surface area contributed by atoms with Crippen molar-refractivity contribution in [1.82, 2.24) is 0 Å². The molecule has 0 fully saturated rings. The van der Waals surface area contributed by atoms with E-state index in [1.54, 1.807) is 0 Å². The van der Waals surface area contributed by atoms with Gasteiger partial charge in [-0.1, -0.05) is 140 Å². The van der Waals surface area contributed by atoms with Crippen LogP contribution in [0.3, 0.4) is 0 Å². The summed E-state index contributed by atoms with van der Waals surface area (Å²) in [6, 6.07) is 67.5. The molecule has 10 aromatic rings. The van der Waals surface area contributed by atoms with Crippen molar-refractivity contribution in [3.8, 4) is 22.3 Å². The first-order chi connectivity index (χ1) is 24.8. The van der Waals surface area contributed by atoms with Crippen LogP contribution in [0.15, 0.2) is 192 Å². The summed E-state index contributed by atoms with van der Waals surface area (Å²) in [6.07, 6.45) is 0. The second-order valence-electron chi connectivity index (χ2n) is 12.9. The molecule has 234 valence electrons. The summed E-state index contributed by atoms with van der Waals surface area (Å²) in [4.78, 5) is 2.38. The predicted octanol–water partition coefficient (Wildman–Crippen LogP) is 13.8. The van der Waals surface area contributed by atoms with Crippen molar-refractivity contribution in [3.05, 3.63) is 188 Å². The van der Waals surface area contributed by atoms with Gasteiger partial charge in [-0.05, 0) is 97.7 Å². The van der Waals surface area contributed by atoms with Crippen LogP contribution >= 0.6 is 0 Å². The van der Waals surface area contributed by atoms with Gasteiger partial charge in [0.15, 0.2) is 0 Å². The zero-order valence-corrected chi connectivity index (χ0v) is 27.3. The molecule has 0 atom stereocenters. The van der Waals surface area contributed by atoms with E-state index in [9.17, 15) is 0 Å². The number of hydrogen-bond acceptors (Lipinski definition) is 2. The van der Waals surface area contributed by atoms with Crippen LogP contribution < -0.4 is 4.90 Å². The van der Waals surface area contributed by atoms with Crippen LogP contribution in [0.1, 0.15) is 0 Å². The van der Waals surface area contributed by atoms with E-state index in [2.05, 4.69) is 193 Å². The van der Waals surface area contributed by atoms with Gasteiger partial charge in [0.25, 0.3) is 0 Å². The van der Waals surface area contributed by atoms with Crippen LogP contribution in [-0.4, -0.2) is 0 Å². The van der Waals surface area contributed by atoms with Gasteiger partial charge in [-0.3, -0.25) is 0 Å². The molecule has 0 saturated carbocycles.